The lowest BCUT2D eigenvalue weighted by molar-refractivity contribution is -0.133. The molecule has 1 heterocycles. The van der Waals surface area contributed by atoms with Crippen molar-refractivity contribution in [3.8, 4) is 6.07 Å². The number of nitrogens with one attached hydrogen (secondary N) is 1. The van der Waals surface area contributed by atoms with Crippen LogP contribution < -0.4 is 11.1 Å². The maximum Gasteiger partial charge on any atom is 0.249 e. The first-order valence-electron chi connectivity index (χ1n) is 6.80. The second-order valence-electron chi connectivity index (χ2n) is 4.98. The van der Waals surface area contributed by atoms with E-state index < -0.39 is 18.1 Å². The Labute approximate surface area is 122 Å². The van der Waals surface area contributed by atoms with Gasteiger partial charge in [0.05, 0.1) is 11.6 Å². The Morgan fingerprint density at radius 1 is 1.43 bits per heavy atom. The lowest BCUT2D eigenvalue weighted by atomic mass is 10.0. The summed E-state index contributed by atoms with van der Waals surface area (Å²) in [4.78, 5) is 23.5. The molecule has 6 nitrogen and oxygen atoms in total. The zero-order chi connectivity index (χ0) is 15.2. The summed E-state index contributed by atoms with van der Waals surface area (Å²) in [6, 6.07) is 8.05. The van der Waals surface area contributed by atoms with Crippen LogP contribution in [0.15, 0.2) is 24.3 Å². The number of hydrogen-bond acceptors (Lipinski definition) is 4. The smallest absolute Gasteiger partial charge is 0.249 e. The van der Waals surface area contributed by atoms with Gasteiger partial charge in [0.2, 0.25) is 11.8 Å². The Kier molecular flexibility index (Phi) is 4.90. The van der Waals surface area contributed by atoms with E-state index in [2.05, 4.69) is 5.32 Å². The molecule has 1 saturated heterocycles. The highest BCUT2D eigenvalue weighted by Gasteiger charge is 2.27. The van der Waals surface area contributed by atoms with E-state index in [1.54, 1.807) is 24.3 Å². The third-order valence-electron chi connectivity index (χ3n) is 3.40. The average molecular weight is 287 g/mol. The van der Waals surface area contributed by atoms with Gasteiger partial charge in [0, 0.05) is 13.0 Å². The van der Waals surface area contributed by atoms with Crippen LogP contribution in [0.4, 0.5) is 0 Å². The van der Waals surface area contributed by atoms with E-state index in [0.29, 0.717) is 25.0 Å². The Hall–Kier alpha value is -2.39. The number of hydrogen-bond donors (Lipinski definition) is 2. The zero-order valence-corrected chi connectivity index (χ0v) is 11.5. The molecular formula is C15H17N3O3. The molecule has 0 aromatic heterocycles. The van der Waals surface area contributed by atoms with Crippen LogP contribution in [0.2, 0.25) is 0 Å². The van der Waals surface area contributed by atoms with Crippen molar-refractivity contribution in [1.29, 1.82) is 5.26 Å². The van der Waals surface area contributed by atoms with Crippen molar-refractivity contribution in [2.75, 3.05) is 6.61 Å². The van der Waals surface area contributed by atoms with Crippen LogP contribution in [0, 0.1) is 11.3 Å². The summed E-state index contributed by atoms with van der Waals surface area (Å²) in [7, 11) is 0. The summed E-state index contributed by atoms with van der Waals surface area (Å²) in [5.74, 6) is -0.893. The molecule has 0 radical (unpaired) electrons. The monoisotopic (exact) mass is 287 g/mol. The van der Waals surface area contributed by atoms with E-state index in [1.807, 2.05) is 6.07 Å². The maximum atomic E-state index is 12.0. The lowest BCUT2D eigenvalue weighted by Crippen LogP contribution is -2.49. The van der Waals surface area contributed by atoms with Crippen molar-refractivity contribution < 1.29 is 14.3 Å². The molecule has 3 N–H and O–H groups in total. The Morgan fingerprint density at radius 3 is 2.67 bits per heavy atom. The summed E-state index contributed by atoms with van der Waals surface area (Å²) < 4.78 is 5.28. The van der Waals surface area contributed by atoms with Crippen molar-refractivity contribution in [1.82, 2.24) is 5.32 Å². The first kappa shape index (κ1) is 15.0. The van der Waals surface area contributed by atoms with Crippen LogP contribution in [-0.4, -0.2) is 30.6 Å². The molecule has 110 valence electrons. The fourth-order valence-electron chi connectivity index (χ4n) is 2.22. The van der Waals surface area contributed by atoms with Crippen molar-refractivity contribution in [3.05, 3.63) is 35.4 Å². The summed E-state index contributed by atoms with van der Waals surface area (Å²) in [5.41, 5.74) is 6.70. The average Bonchev–Trinajstić information content (AvgIpc) is 3.01. The molecule has 1 aliphatic heterocycles. The van der Waals surface area contributed by atoms with Gasteiger partial charge >= 0.3 is 0 Å². The topological polar surface area (TPSA) is 105 Å². The van der Waals surface area contributed by atoms with E-state index in [4.69, 9.17) is 15.7 Å². The predicted molar refractivity (Wildman–Crippen MR) is 75.0 cm³/mol. The van der Waals surface area contributed by atoms with E-state index in [9.17, 15) is 9.59 Å². The van der Waals surface area contributed by atoms with Crippen LogP contribution in [0.5, 0.6) is 0 Å². The standard InChI is InChI=1S/C15H17N3O3/c16-9-11-5-3-10(4-6-11)8-12(14(17)19)18-15(20)13-2-1-7-21-13/h3-6,12-13H,1-2,7-8H2,(H2,17,19)(H,18,20)/t12-,13-/m1/s1. The fourth-order valence-corrected chi connectivity index (χ4v) is 2.22. The van der Waals surface area contributed by atoms with E-state index in [-0.39, 0.29) is 5.91 Å². The highest BCUT2D eigenvalue weighted by Crippen LogP contribution is 2.13. The first-order chi connectivity index (χ1) is 10.1. The van der Waals surface area contributed by atoms with E-state index >= 15 is 0 Å². The number of amides is 2. The molecule has 1 aromatic rings. The van der Waals surface area contributed by atoms with E-state index in [1.165, 1.54) is 0 Å². The maximum absolute atomic E-state index is 12.0. The van der Waals surface area contributed by atoms with Crippen molar-refractivity contribution in [3.63, 3.8) is 0 Å². The molecule has 2 rings (SSSR count). The zero-order valence-electron chi connectivity index (χ0n) is 11.5. The van der Waals surface area contributed by atoms with Gasteiger partial charge in [0.15, 0.2) is 0 Å². The second kappa shape index (κ2) is 6.86. The molecule has 2 atom stereocenters. The van der Waals surface area contributed by atoms with E-state index in [0.717, 1.165) is 12.0 Å². The van der Waals surface area contributed by atoms with Gasteiger partial charge in [-0.2, -0.15) is 5.26 Å². The molecule has 0 spiro atoms. The molecule has 0 unspecified atom stereocenters. The minimum atomic E-state index is -0.783. The molecule has 0 aliphatic carbocycles. The number of carbonyl (C=O) groups is 2. The molecular weight excluding hydrogens is 270 g/mol. The molecule has 21 heavy (non-hydrogen) atoms. The van der Waals surface area contributed by atoms with Gasteiger partial charge in [-0.15, -0.1) is 0 Å². The predicted octanol–water partition coefficient (Wildman–Crippen LogP) is 0.250. The minimum Gasteiger partial charge on any atom is -0.368 e. The van der Waals surface area contributed by atoms with Gasteiger partial charge < -0.3 is 15.8 Å². The number of carbonyl (C=O) groups excluding carboxylic acids is 2. The number of rotatable bonds is 5. The summed E-state index contributed by atoms with van der Waals surface area (Å²) >= 11 is 0. The molecule has 1 aromatic carbocycles. The first-order valence-corrected chi connectivity index (χ1v) is 6.80. The van der Waals surface area contributed by atoms with Gasteiger partial charge in [0.1, 0.15) is 12.1 Å². The number of primary amides is 1. The molecule has 1 fully saturated rings. The number of nitrogens with two attached hydrogens (primary N) is 1. The number of benzene rings is 1. The van der Waals surface area contributed by atoms with Crippen LogP contribution in [-0.2, 0) is 20.7 Å². The van der Waals surface area contributed by atoms with Crippen LogP contribution >= 0.6 is 0 Å². The quantitative estimate of drug-likeness (QED) is 0.809. The summed E-state index contributed by atoms with van der Waals surface area (Å²) in [6.45, 7) is 0.564. The van der Waals surface area contributed by atoms with Crippen molar-refractivity contribution in [2.45, 2.75) is 31.4 Å². The highest BCUT2D eigenvalue weighted by molar-refractivity contribution is 5.88. The third kappa shape index (κ3) is 4.04. The molecule has 6 heteroatoms. The molecule has 0 saturated carbocycles. The largest absolute Gasteiger partial charge is 0.368 e. The van der Waals surface area contributed by atoms with Crippen LogP contribution in [0.3, 0.4) is 0 Å². The van der Waals surface area contributed by atoms with Gasteiger partial charge in [-0.25, -0.2) is 0 Å². The van der Waals surface area contributed by atoms with Crippen molar-refractivity contribution in [2.24, 2.45) is 5.73 Å². The number of ether oxygens (including phenoxy) is 1. The lowest BCUT2D eigenvalue weighted by Gasteiger charge is -2.18. The Balaban J connectivity index is 1.99. The van der Waals surface area contributed by atoms with Crippen molar-refractivity contribution >= 4 is 11.8 Å². The normalized spacial score (nSPS) is 18.7. The van der Waals surface area contributed by atoms with Gasteiger partial charge in [-0.1, -0.05) is 12.1 Å². The van der Waals surface area contributed by atoms with Gasteiger partial charge in [-0.05, 0) is 30.5 Å². The SMILES string of the molecule is N#Cc1ccc(C[C@@H](NC(=O)[C@H]2CCCO2)C(N)=O)cc1. The van der Waals surface area contributed by atoms with Gasteiger partial charge in [-0.3, -0.25) is 9.59 Å². The van der Waals surface area contributed by atoms with Crippen LogP contribution in [0.25, 0.3) is 0 Å². The number of nitriles is 1. The fraction of sp³-hybridized carbons (Fsp3) is 0.400. The Bertz CT molecular complexity index is 557. The van der Waals surface area contributed by atoms with Gasteiger partial charge in [0.25, 0.3) is 0 Å². The third-order valence-corrected chi connectivity index (χ3v) is 3.40. The van der Waals surface area contributed by atoms with Crippen LogP contribution in [0.1, 0.15) is 24.0 Å². The minimum absolute atomic E-state index is 0.291. The molecule has 2 amide bonds. The summed E-state index contributed by atoms with van der Waals surface area (Å²) in [5, 5.41) is 11.4. The number of nitrogens with zero attached hydrogens (tertiary/aromatic N) is 1. The molecule has 1 aliphatic rings. The highest BCUT2D eigenvalue weighted by atomic mass is 16.5. The second-order valence-corrected chi connectivity index (χ2v) is 4.98. The Morgan fingerprint density at radius 2 is 2.14 bits per heavy atom. The summed E-state index contributed by atoms with van der Waals surface area (Å²) in [6.07, 6.45) is 1.30. The molecule has 0 bridgehead atoms.